The van der Waals surface area contributed by atoms with Gasteiger partial charge < -0.3 is 20.5 Å². The number of rotatable bonds is 4. The van der Waals surface area contributed by atoms with Gasteiger partial charge in [-0.25, -0.2) is 0 Å². The maximum Gasteiger partial charge on any atom is 0.237 e. The highest BCUT2D eigenvalue weighted by Crippen LogP contribution is 2.11. The van der Waals surface area contributed by atoms with Crippen LogP contribution in [0.2, 0.25) is 0 Å². The van der Waals surface area contributed by atoms with Crippen LogP contribution in [0.25, 0.3) is 0 Å². The van der Waals surface area contributed by atoms with Gasteiger partial charge in [0.25, 0.3) is 0 Å². The van der Waals surface area contributed by atoms with Gasteiger partial charge in [0.1, 0.15) is 5.75 Å². The Labute approximate surface area is 118 Å². The van der Waals surface area contributed by atoms with Crippen molar-refractivity contribution in [3.63, 3.8) is 0 Å². The second-order valence-electron chi connectivity index (χ2n) is 4.42. The molecule has 1 saturated heterocycles. The van der Waals surface area contributed by atoms with Gasteiger partial charge in [-0.1, -0.05) is 12.1 Å². The fraction of sp³-hybridized carbons (Fsp3) is 0.462. The normalized spacial score (nSPS) is 21.6. The third-order valence-corrected chi connectivity index (χ3v) is 3.05. The number of nitrogens with one attached hydrogen (secondary N) is 2. The lowest BCUT2D eigenvalue weighted by Gasteiger charge is -2.11. The van der Waals surface area contributed by atoms with Crippen LogP contribution in [0.3, 0.4) is 0 Å². The molecule has 0 bridgehead atoms. The Bertz CT molecular complexity index is 411. The van der Waals surface area contributed by atoms with E-state index in [2.05, 4.69) is 10.6 Å². The number of carbonyl (C=O) groups is 1. The third kappa shape index (κ3) is 4.38. The highest BCUT2D eigenvalue weighted by molar-refractivity contribution is 5.85. The Balaban J connectivity index is 0.00000180. The zero-order valence-corrected chi connectivity index (χ0v) is 11.6. The molecule has 0 aliphatic carbocycles. The first-order valence-corrected chi connectivity index (χ1v) is 6.01. The third-order valence-electron chi connectivity index (χ3n) is 3.05. The summed E-state index contributed by atoms with van der Waals surface area (Å²) < 4.78 is 5.06. The molecule has 1 amide bonds. The number of carbonyl (C=O) groups excluding carboxylic acids is 1. The second-order valence-corrected chi connectivity index (χ2v) is 4.42. The molecular weight excluding hydrogens is 268 g/mol. The van der Waals surface area contributed by atoms with E-state index in [1.807, 2.05) is 24.3 Å². The Morgan fingerprint density at radius 1 is 1.47 bits per heavy atom. The average molecular weight is 287 g/mol. The van der Waals surface area contributed by atoms with Crippen LogP contribution in [-0.2, 0) is 11.3 Å². The molecule has 2 rings (SSSR count). The highest BCUT2D eigenvalue weighted by Gasteiger charge is 2.27. The van der Waals surface area contributed by atoms with Gasteiger partial charge in [-0.3, -0.25) is 4.79 Å². The summed E-state index contributed by atoms with van der Waals surface area (Å²) in [5.41, 5.74) is 1.02. The predicted molar refractivity (Wildman–Crippen MR) is 74.5 cm³/mol. The number of hydrogen-bond donors (Lipinski definition) is 3. The quantitative estimate of drug-likeness (QED) is 0.752. The summed E-state index contributed by atoms with van der Waals surface area (Å²) in [6.07, 6.45) is 0.0655. The molecule has 2 unspecified atom stereocenters. The summed E-state index contributed by atoms with van der Waals surface area (Å²) in [5, 5.41) is 15.2. The summed E-state index contributed by atoms with van der Waals surface area (Å²) in [5.74, 6) is 0.730. The van der Waals surface area contributed by atoms with Crippen molar-refractivity contribution in [3.8, 4) is 5.75 Å². The topological polar surface area (TPSA) is 70.6 Å². The van der Waals surface area contributed by atoms with Gasteiger partial charge in [-0.2, -0.15) is 0 Å². The van der Waals surface area contributed by atoms with Gasteiger partial charge in [0.15, 0.2) is 0 Å². The number of benzene rings is 1. The molecule has 19 heavy (non-hydrogen) atoms. The first-order valence-electron chi connectivity index (χ1n) is 6.01. The maximum absolute atomic E-state index is 11.8. The van der Waals surface area contributed by atoms with Crippen molar-refractivity contribution in [2.24, 2.45) is 0 Å². The zero-order chi connectivity index (χ0) is 13.0. The highest BCUT2D eigenvalue weighted by atomic mass is 35.5. The van der Waals surface area contributed by atoms with E-state index in [1.165, 1.54) is 0 Å². The van der Waals surface area contributed by atoms with Crippen molar-refractivity contribution in [1.82, 2.24) is 10.6 Å². The van der Waals surface area contributed by atoms with Crippen molar-refractivity contribution in [3.05, 3.63) is 29.8 Å². The van der Waals surface area contributed by atoms with E-state index in [1.54, 1.807) is 7.11 Å². The molecule has 106 valence electrons. The van der Waals surface area contributed by atoms with Crippen LogP contribution in [0, 0.1) is 0 Å². The molecule has 0 saturated carbocycles. The predicted octanol–water partition coefficient (Wildman–Crippen LogP) is 0.456. The van der Waals surface area contributed by atoms with Gasteiger partial charge in [-0.15, -0.1) is 12.4 Å². The van der Waals surface area contributed by atoms with Crippen LogP contribution in [0.1, 0.15) is 12.0 Å². The number of ether oxygens (including phenoxy) is 1. The smallest absolute Gasteiger partial charge is 0.237 e. The second kappa shape index (κ2) is 7.33. The summed E-state index contributed by atoms with van der Waals surface area (Å²) in [6, 6.07) is 7.27. The first-order chi connectivity index (χ1) is 8.69. The van der Waals surface area contributed by atoms with E-state index in [4.69, 9.17) is 4.74 Å². The SMILES string of the molecule is COc1ccc(CNC(=O)C2CC(O)CN2)cc1.Cl. The average Bonchev–Trinajstić information content (AvgIpc) is 2.83. The molecule has 6 heteroatoms. The van der Waals surface area contributed by atoms with Crippen molar-refractivity contribution >= 4 is 18.3 Å². The molecule has 5 nitrogen and oxygen atoms in total. The lowest BCUT2D eigenvalue weighted by Crippen LogP contribution is -2.39. The number of methoxy groups -OCH3 is 1. The van der Waals surface area contributed by atoms with Crippen molar-refractivity contribution in [2.45, 2.75) is 25.1 Å². The molecule has 2 atom stereocenters. The van der Waals surface area contributed by atoms with E-state index in [0.717, 1.165) is 11.3 Å². The molecule has 0 spiro atoms. The molecule has 1 heterocycles. The number of amides is 1. The number of aliphatic hydroxyl groups excluding tert-OH is 1. The minimum atomic E-state index is -0.415. The fourth-order valence-corrected chi connectivity index (χ4v) is 1.97. The zero-order valence-electron chi connectivity index (χ0n) is 10.8. The van der Waals surface area contributed by atoms with Gasteiger partial charge >= 0.3 is 0 Å². The largest absolute Gasteiger partial charge is 0.497 e. The molecule has 1 aromatic carbocycles. The van der Waals surface area contributed by atoms with E-state index in [9.17, 15) is 9.90 Å². The Morgan fingerprint density at radius 3 is 2.68 bits per heavy atom. The van der Waals surface area contributed by atoms with Crippen LogP contribution in [0.4, 0.5) is 0 Å². The molecule has 0 aromatic heterocycles. The summed E-state index contributed by atoms with van der Waals surface area (Å²) >= 11 is 0. The number of hydrogen-bond acceptors (Lipinski definition) is 4. The molecule has 1 aromatic rings. The molecule has 0 radical (unpaired) electrons. The van der Waals surface area contributed by atoms with Crippen LogP contribution in [-0.4, -0.2) is 36.8 Å². The van der Waals surface area contributed by atoms with Gasteiger partial charge in [0.2, 0.25) is 5.91 Å². The first kappa shape index (κ1) is 15.8. The Morgan fingerprint density at radius 2 is 2.16 bits per heavy atom. The van der Waals surface area contributed by atoms with Crippen LogP contribution in [0.15, 0.2) is 24.3 Å². The Hall–Kier alpha value is -1.30. The molecule has 3 N–H and O–H groups in total. The van der Waals surface area contributed by atoms with Gasteiger partial charge in [0.05, 0.1) is 19.3 Å². The molecular formula is C13H19ClN2O3. The van der Waals surface area contributed by atoms with Crippen molar-refractivity contribution in [2.75, 3.05) is 13.7 Å². The number of β-amino-alcohol motifs (C(OH)–C–C–N with tert-alkyl or cyclic N) is 1. The molecule has 1 aliphatic rings. The minimum absolute atomic E-state index is 0. The van der Waals surface area contributed by atoms with E-state index < -0.39 is 6.10 Å². The molecule has 1 fully saturated rings. The van der Waals surface area contributed by atoms with E-state index in [-0.39, 0.29) is 24.4 Å². The standard InChI is InChI=1S/C13H18N2O3.ClH/c1-18-11-4-2-9(3-5-11)7-15-13(17)12-6-10(16)8-14-12;/h2-5,10,12,14,16H,6-8H2,1H3,(H,15,17);1H. The fourth-order valence-electron chi connectivity index (χ4n) is 1.97. The van der Waals surface area contributed by atoms with E-state index in [0.29, 0.717) is 19.5 Å². The van der Waals surface area contributed by atoms with Crippen LogP contribution < -0.4 is 15.4 Å². The summed E-state index contributed by atoms with van der Waals surface area (Å²) in [7, 11) is 1.62. The van der Waals surface area contributed by atoms with E-state index >= 15 is 0 Å². The van der Waals surface area contributed by atoms with Crippen LogP contribution in [0.5, 0.6) is 5.75 Å². The monoisotopic (exact) mass is 286 g/mol. The van der Waals surface area contributed by atoms with Crippen molar-refractivity contribution < 1.29 is 14.6 Å². The Kier molecular flexibility index (Phi) is 6.08. The van der Waals surface area contributed by atoms with Gasteiger partial charge in [-0.05, 0) is 24.1 Å². The van der Waals surface area contributed by atoms with Crippen molar-refractivity contribution in [1.29, 1.82) is 0 Å². The maximum atomic E-state index is 11.8. The number of aliphatic hydroxyl groups is 1. The molecule has 1 aliphatic heterocycles. The summed E-state index contributed by atoms with van der Waals surface area (Å²) in [4.78, 5) is 11.8. The van der Waals surface area contributed by atoms with Crippen LogP contribution >= 0.6 is 12.4 Å². The minimum Gasteiger partial charge on any atom is -0.497 e. The lowest BCUT2D eigenvalue weighted by molar-refractivity contribution is -0.123. The van der Waals surface area contributed by atoms with Gasteiger partial charge in [0, 0.05) is 13.1 Å². The summed E-state index contributed by atoms with van der Waals surface area (Å²) in [6.45, 7) is 0.970. The lowest BCUT2D eigenvalue weighted by atomic mass is 10.1. The number of halogens is 1.